The van der Waals surface area contributed by atoms with Gasteiger partial charge >= 0.3 is 29.6 Å². The molecule has 0 heterocycles. The average Bonchev–Trinajstić information content (AvgIpc) is 2.03. The van der Waals surface area contributed by atoms with E-state index in [1.165, 1.54) is 0 Å². The summed E-state index contributed by atoms with van der Waals surface area (Å²) in [7, 11) is -4.18. The van der Waals surface area contributed by atoms with Gasteiger partial charge < -0.3 is 5.73 Å². The van der Waals surface area contributed by atoms with Gasteiger partial charge in [-0.3, -0.25) is 4.55 Å². The fraction of sp³-hybridized carbons (Fsp3) is 0.143. The number of hydrogen-bond acceptors (Lipinski definition) is 3. The third-order valence-electron chi connectivity index (χ3n) is 1.45. The third kappa shape index (κ3) is 3.76. The molecule has 0 aliphatic heterocycles. The molecular weight excluding hydrogens is 201 g/mol. The summed E-state index contributed by atoms with van der Waals surface area (Å²) < 4.78 is 29.7. The second-order valence-electron chi connectivity index (χ2n) is 2.35. The summed E-state index contributed by atoms with van der Waals surface area (Å²) in [5.41, 5.74) is 5.61. The van der Waals surface area contributed by atoms with Gasteiger partial charge in [0, 0.05) is 0 Å². The van der Waals surface area contributed by atoms with E-state index in [2.05, 4.69) is 0 Å². The molecule has 1 rings (SSSR count). The molecule has 0 amide bonds. The third-order valence-corrected chi connectivity index (χ3v) is 2.36. The maximum atomic E-state index is 10.6. The molecule has 0 aromatic heterocycles. The summed E-state index contributed by atoms with van der Waals surface area (Å²) in [5, 5.41) is -1.35. The molecule has 0 aliphatic rings. The normalized spacial score (nSPS) is 13.1. The Kier molecular flexibility index (Phi) is 5.13. The molecule has 1 aromatic rings. The van der Waals surface area contributed by atoms with Crippen molar-refractivity contribution in [2.75, 3.05) is 0 Å². The van der Waals surface area contributed by atoms with Crippen molar-refractivity contribution in [3.8, 4) is 0 Å². The number of nitrogens with two attached hydrogens (primary N) is 1. The monoisotopic (exact) mass is 210 g/mol. The van der Waals surface area contributed by atoms with E-state index in [9.17, 15) is 8.42 Å². The molecule has 0 radical (unpaired) electrons. The molecule has 3 N–H and O–H groups in total. The minimum absolute atomic E-state index is 0. The molecule has 1 unspecified atom stereocenters. The van der Waals surface area contributed by atoms with Gasteiger partial charge in [-0.05, 0) is 5.56 Å². The van der Waals surface area contributed by atoms with Gasteiger partial charge in [0.15, 0.2) is 5.37 Å². The van der Waals surface area contributed by atoms with Gasteiger partial charge in [0.05, 0.1) is 0 Å². The predicted octanol–water partition coefficient (Wildman–Crippen LogP) is -2.46. The molecule has 0 fully saturated rings. The van der Waals surface area contributed by atoms with E-state index in [4.69, 9.17) is 10.3 Å². The largest absolute Gasteiger partial charge is 1.00 e. The fourth-order valence-electron chi connectivity index (χ4n) is 0.815. The molecule has 6 heteroatoms. The predicted molar refractivity (Wildman–Crippen MR) is 44.9 cm³/mol. The van der Waals surface area contributed by atoms with Crippen molar-refractivity contribution >= 4 is 10.1 Å². The standard InChI is InChI=1S/C7H9NO3S.Na/c8-7(12(9,10)11)6-4-2-1-3-5-6;/h1-5,7H,8H2,(H,9,10,11);/q;+1. The Balaban J connectivity index is 0.00000144. The Morgan fingerprint density at radius 2 is 1.69 bits per heavy atom. The van der Waals surface area contributed by atoms with Gasteiger partial charge in [-0.25, -0.2) is 0 Å². The minimum atomic E-state index is -4.18. The second kappa shape index (κ2) is 5.09. The molecule has 0 bridgehead atoms. The molecule has 4 nitrogen and oxygen atoms in total. The van der Waals surface area contributed by atoms with Crippen LogP contribution in [0.15, 0.2) is 30.3 Å². The maximum absolute atomic E-state index is 10.6. The molecule has 0 spiro atoms. The second-order valence-corrected chi connectivity index (χ2v) is 3.88. The topological polar surface area (TPSA) is 80.4 Å². The summed E-state index contributed by atoms with van der Waals surface area (Å²) in [6.07, 6.45) is 0. The Morgan fingerprint density at radius 3 is 2.08 bits per heavy atom. The molecule has 13 heavy (non-hydrogen) atoms. The van der Waals surface area contributed by atoms with E-state index in [1.54, 1.807) is 30.3 Å². The van der Waals surface area contributed by atoms with Crippen molar-refractivity contribution in [1.82, 2.24) is 0 Å². The van der Waals surface area contributed by atoms with Gasteiger partial charge in [-0.1, -0.05) is 30.3 Å². The summed E-state index contributed by atoms with van der Waals surface area (Å²) >= 11 is 0. The summed E-state index contributed by atoms with van der Waals surface area (Å²) in [4.78, 5) is 0. The van der Waals surface area contributed by atoms with E-state index in [1.807, 2.05) is 0 Å². The quantitative estimate of drug-likeness (QED) is 0.419. The smallest absolute Gasteiger partial charge is 0.309 e. The van der Waals surface area contributed by atoms with Crippen LogP contribution >= 0.6 is 0 Å². The van der Waals surface area contributed by atoms with Gasteiger partial charge in [-0.2, -0.15) is 8.42 Å². The zero-order chi connectivity index (χ0) is 9.19. The Labute approximate surface area is 99.2 Å². The average molecular weight is 210 g/mol. The Hall–Kier alpha value is 0.0900. The van der Waals surface area contributed by atoms with Crippen LogP contribution in [0.4, 0.5) is 0 Å². The molecule has 1 aromatic carbocycles. The van der Waals surface area contributed by atoms with Crippen molar-refractivity contribution in [2.45, 2.75) is 5.37 Å². The van der Waals surface area contributed by atoms with Crippen LogP contribution in [0.1, 0.15) is 10.9 Å². The summed E-state index contributed by atoms with van der Waals surface area (Å²) in [6, 6.07) is 8.12. The van der Waals surface area contributed by atoms with Crippen LogP contribution in [0.5, 0.6) is 0 Å². The van der Waals surface area contributed by atoms with E-state index in [-0.39, 0.29) is 29.6 Å². The molecule has 0 aliphatic carbocycles. The van der Waals surface area contributed by atoms with Crippen LogP contribution in [-0.2, 0) is 10.1 Å². The first-order valence-electron chi connectivity index (χ1n) is 3.28. The SMILES string of the molecule is NC(c1ccccc1)S(=O)(=O)O.[Na+]. The molecule has 1 atom stereocenters. The first-order valence-corrected chi connectivity index (χ1v) is 4.79. The van der Waals surface area contributed by atoms with Gasteiger partial charge in [0.25, 0.3) is 10.1 Å². The molecule has 0 saturated heterocycles. The van der Waals surface area contributed by atoms with E-state index in [0.29, 0.717) is 5.56 Å². The number of rotatable bonds is 2. The van der Waals surface area contributed by atoms with Crippen molar-refractivity contribution in [2.24, 2.45) is 5.73 Å². The fourth-order valence-corrected chi connectivity index (χ4v) is 1.32. The molecule has 66 valence electrons. The molecule has 0 saturated carbocycles. The van der Waals surface area contributed by atoms with Crippen LogP contribution in [-0.4, -0.2) is 13.0 Å². The maximum Gasteiger partial charge on any atom is 1.00 e. The minimum Gasteiger partial charge on any atom is -0.309 e. The van der Waals surface area contributed by atoms with E-state index >= 15 is 0 Å². The van der Waals surface area contributed by atoms with Crippen molar-refractivity contribution in [3.05, 3.63) is 35.9 Å². The van der Waals surface area contributed by atoms with Crippen LogP contribution in [0, 0.1) is 0 Å². The molecular formula is C7H9NNaO3S+. The number of benzene rings is 1. The Morgan fingerprint density at radius 1 is 1.23 bits per heavy atom. The first-order chi connectivity index (χ1) is 5.52. The van der Waals surface area contributed by atoms with Crippen LogP contribution < -0.4 is 35.3 Å². The Bertz CT molecular complexity index is 351. The van der Waals surface area contributed by atoms with Crippen molar-refractivity contribution in [1.29, 1.82) is 0 Å². The van der Waals surface area contributed by atoms with Gasteiger partial charge in [-0.15, -0.1) is 0 Å². The van der Waals surface area contributed by atoms with E-state index in [0.717, 1.165) is 0 Å². The summed E-state index contributed by atoms with van der Waals surface area (Å²) in [5.74, 6) is 0. The van der Waals surface area contributed by atoms with Crippen LogP contribution in [0.2, 0.25) is 0 Å². The van der Waals surface area contributed by atoms with Gasteiger partial charge in [0.1, 0.15) is 0 Å². The van der Waals surface area contributed by atoms with Crippen molar-refractivity contribution in [3.63, 3.8) is 0 Å². The van der Waals surface area contributed by atoms with Crippen molar-refractivity contribution < 1.29 is 42.5 Å². The van der Waals surface area contributed by atoms with Crippen LogP contribution in [0.25, 0.3) is 0 Å². The first kappa shape index (κ1) is 13.1. The van der Waals surface area contributed by atoms with Crippen LogP contribution in [0.3, 0.4) is 0 Å². The zero-order valence-electron chi connectivity index (χ0n) is 7.21. The van der Waals surface area contributed by atoms with E-state index < -0.39 is 15.5 Å². The summed E-state index contributed by atoms with van der Waals surface area (Å²) in [6.45, 7) is 0. The zero-order valence-corrected chi connectivity index (χ0v) is 10.0. The number of hydrogen-bond donors (Lipinski definition) is 2. The van der Waals surface area contributed by atoms with Gasteiger partial charge in [0.2, 0.25) is 0 Å².